The molecule has 0 radical (unpaired) electrons. The minimum atomic E-state index is -0.596. The highest BCUT2D eigenvalue weighted by molar-refractivity contribution is 5.88. The first-order valence-electron chi connectivity index (χ1n) is 7.10. The third kappa shape index (κ3) is 3.95. The second-order valence-electron chi connectivity index (χ2n) is 5.16. The number of carbonyl (C=O) groups is 2. The van der Waals surface area contributed by atoms with Gasteiger partial charge in [0.05, 0.1) is 0 Å². The summed E-state index contributed by atoms with van der Waals surface area (Å²) in [7, 11) is 0. The Bertz CT molecular complexity index is 501. The fourth-order valence-electron chi connectivity index (χ4n) is 2.35. The molecule has 1 unspecified atom stereocenters. The van der Waals surface area contributed by atoms with Gasteiger partial charge in [0.25, 0.3) is 0 Å². The average Bonchev–Trinajstić information content (AvgIpc) is 2.48. The van der Waals surface area contributed by atoms with Gasteiger partial charge in [-0.2, -0.15) is 0 Å². The summed E-state index contributed by atoms with van der Waals surface area (Å²) in [6, 6.07) is 7.04. The van der Waals surface area contributed by atoms with E-state index in [1.54, 1.807) is 0 Å². The van der Waals surface area contributed by atoms with Crippen LogP contribution in [0.25, 0.3) is 0 Å². The fourth-order valence-corrected chi connectivity index (χ4v) is 2.35. The molecule has 1 aromatic carbocycles. The van der Waals surface area contributed by atoms with Crippen LogP contribution in [0.5, 0.6) is 0 Å². The van der Waals surface area contributed by atoms with Gasteiger partial charge in [-0.15, -0.1) is 0 Å². The molecule has 1 saturated heterocycles. The Kier molecular flexibility index (Phi) is 5.16. The number of hydrogen-bond acceptors (Lipinski definition) is 3. The molecule has 1 heterocycles. The normalized spacial score (nSPS) is 18.3. The van der Waals surface area contributed by atoms with Crippen LogP contribution in [-0.4, -0.2) is 47.7 Å². The smallest absolute Gasteiger partial charge is 0.318 e. The number of hydrogen-bond donors (Lipinski definition) is 3. The maximum absolute atomic E-state index is 12.2. The number of carbonyl (C=O) groups excluding carboxylic acids is 2. The second kappa shape index (κ2) is 7.08. The summed E-state index contributed by atoms with van der Waals surface area (Å²) in [6.07, 6.45) is 0.254. The predicted molar refractivity (Wildman–Crippen MR) is 78.6 cm³/mol. The van der Waals surface area contributed by atoms with Crippen LogP contribution in [0, 0.1) is 6.92 Å². The van der Waals surface area contributed by atoms with Crippen molar-refractivity contribution in [3.05, 3.63) is 35.4 Å². The molecule has 0 spiro atoms. The monoisotopic (exact) mass is 291 g/mol. The van der Waals surface area contributed by atoms with E-state index >= 15 is 0 Å². The van der Waals surface area contributed by atoms with Gasteiger partial charge in [-0.05, 0) is 18.9 Å². The third-order valence-electron chi connectivity index (χ3n) is 3.56. The Morgan fingerprint density at radius 2 is 2.14 bits per heavy atom. The van der Waals surface area contributed by atoms with Gasteiger partial charge in [-0.1, -0.05) is 29.8 Å². The number of aryl methyl sites for hydroxylation is 1. The number of nitrogens with one attached hydrogen (secondary N) is 2. The molecular weight excluding hydrogens is 270 g/mol. The predicted octanol–water partition coefficient (Wildman–Crippen LogP) is 0.387. The summed E-state index contributed by atoms with van der Waals surface area (Å²) in [5.74, 6) is -0.208. The Morgan fingerprint density at radius 3 is 2.81 bits per heavy atom. The highest BCUT2D eigenvalue weighted by Crippen LogP contribution is 2.09. The third-order valence-corrected chi connectivity index (χ3v) is 3.56. The minimum absolute atomic E-state index is 0.125. The molecule has 3 N–H and O–H groups in total. The lowest BCUT2D eigenvalue weighted by atomic mass is 10.1. The van der Waals surface area contributed by atoms with Crippen LogP contribution < -0.4 is 10.6 Å². The average molecular weight is 291 g/mol. The number of piperazine rings is 1. The zero-order valence-electron chi connectivity index (χ0n) is 12.1. The summed E-state index contributed by atoms with van der Waals surface area (Å²) in [6.45, 7) is 3.20. The molecule has 0 aliphatic carbocycles. The Labute approximate surface area is 124 Å². The van der Waals surface area contributed by atoms with Crippen molar-refractivity contribution in [2.75, 3.05) is 19.7 Å². The lowest BCUT2D eigenvalue weighted by Crippen LogP contribution is -2.59. The summed E-state index contributed by atoms with van der Waals surface area (Å²) in [5, 5.41) is 14.6. The van der Waals surface area contributed by atoms with Crippen molar-refractivity contribution in [2.45, 2.75) is 25.9 Å². The first kappa shape index (κ1) is 15.3. The van der Waals surface area contributed by atoms with Crippen molar-refractivity contribution in [2.24, 2.45) is 0 Å². The zero-order chi connectivity index (χ0) is 15.2. The Morgan fingerprint density at radius 1 is 1.43 bits per heavy atom. The van der Waals surface area contributed by atoms with E-state index in [4.69, 9.17) is 5.11 Å². The molecule has 2 rings (SSSR count). The number of urea groups is 1. The van der Waals surface area contributed by atoms with Gasteiger partial charge in [0.15, 0.2) is 0 Å². The van der Waals surface area contributed by atoms with Gasteiger partial charge in [0.2, 0.25) is 5.91 Å². The molecule has 1 aliphatic heterocycles. The van der Waals surface area contributed by atoms with E-state index in [9.17, 15) is 9.59 Å². The molecule has 1 aliphatic rings. The van der Waals surface area contributed by atoms with Crippen molar-refractivity contribution < 1.29 is 14.7 Å². The van der Waals surface area contributed by atoms with Crippen LogP contribution in [0.15, 0.2) is 24.3 Å². The van der Waals surface area contributed by atoms with Crippen LogP contribution in [0.2, 0.25) is 0 Å². The standard InChI is InChI=1S/C15H21N3O3/c1-11-2-4-12(5-3-11)10-17-15(21)18-8-7-16-14(20)13(18)6-9-19/h2-5,13,19H,6-10H2,1H3,(H,16,20)(H,17,21). The number of amides is 3. The molecule has 3 amide bonds. The van der Waals surface area contributed by atoms with Crippen LogP contribution in [-0.2, 0) is 11.3 Å². The van der Waals surface area contributed by atoms with Crippen molar-refractivity contribution in [1.82, 2.24) is 15.5 Å². The highest BCUT2D eigenvalue weighted by atomic mass is 16.3. The topological polar surface area (TPSA) is 81.7 Å². The van der Waals surface area contributed by atoms with Crippen LogP contribution in [0.4, 0.5) is 4.79 Å². The van der Waals surface area contributed by atoms with Crippen LogP contribution in [0.3, 0.4) is 0 Å². The molecule has 1 atom stereocenters. The van der Waals surface area contributed by atoms with Gasteiger partial charge in [-0.25, -0.2) is 4.79 Å². The number of aliphatic hydroxyl groups excluding tert-OH is 1. The number of nitrogens with zero attached hydrogens (tertiary/aromatic N) is 1. The molecular formula is C15H21N3O3. The molecule has 6 heteroatoms. The Balaban J connectivity index is 1.94. The summed E-state index contributed by atoms with van der Waals surface area (Å²) in [5.41, 5.74) is 2.18. The first-order chi connectivity index (χ1) is 10.1. The SMILES string of the molecule is Cc1ccc(CNC(=O)N2CCNC(=O)C2CCO)cc1. The quantitative estimate of drug-likeness (QED) is 0.750. The maximum atomic E-state index is 12.2. The number of benzene rings is 1. The first-order valence-corrected chi connectivity index (χ1v) is 7.10. The van der Waals surface area contributed by atoms with Crippen molar-refractivity contribution in [3.63, 3.8) is 0 Å². The molecule has 21 heavy (non-hydrogen) atoms. The summed E-state index contributed by atoms with van der Waals surface area (Å²) in [4.78, 5) is 25.5. The maximum Gasteiger partial charge on any atom is 0.318 e. The van der Waals surface area contributed by atoms with E-state index in [1.165, 1.54) is 10.5 Å². The molecule has 6 nitrogen and oxygen atoms in total. The van der Waals surface area contributed by atoms with Gasteiger partial charge in [0, 0.05) is 26.2 Å². The van der Waals surface area contributed by atoms with Gasteiger partial charge >= 0.3 is 6.03 Å². The molecule has 1 aromatic rings. The van der Waals surface area contributed by atoms with E-state index < -0.39 is 6.04 Å². The van der Waals surface area contributed by atoms with E-state index in [0.29, 0.717) is 19.6 Å². The fraction of sp³-hybridized carbons (Fsp3) is 0.467. The van der Waals surface area contributed by atoms with Crippen molar-refractivity contribution in [1.29, 1.82) is 0 Å². The number of rotatable bonds is 4. The van der Waals surface area contributed by atoms with E-state index in [-0.39, 0.29) is 25.0 Å². The lowest BCUT2D eigenvalue weighted by Gasteiger charge is -2.34. The summed E-state index contributed by atoms with van der Waals surface area (Å²) >= 11 is 0. The minimum Gasteiger partial charge on any atom is -0.396 e. The Hall–Kier alpha value is -2.08. The lowest BCUT2D eigenvalue weighted by molar-refractivity contribution is -0.128. The zero-order valence-corrected chi connectivity index (χ0v) is 12.1. The van der Waals surface area contributed by atoms with Crippen molar-refractivity contribution >= 4 is 11.9 Å². The van der Waals surface area contributed by atoms with Crippen molar-refractivity contribution in [3.8, 4) is 0 Å². The highest BCUT2D eigenvalue weighted by Gasteiger charge is 2.32. The van der Waals surface area contributed by atoms with Gasteiger partial charge in [-0.3, -0.25) is 4.79 Å². The van der Waals surface area contributed by atoms with Gasteiger partial charge < -0.3 is 20.6 Å². The van der Waals surface area contributed by atoms with E-state index in [1.807, 2.05) is 31.2 Å². The van der Waals surface area contributed by atoms with E-state index in [2.05, 4.69) is 10.6 Å². The largest absolute Gasteiger partial charge is 0.396 e. The molecule has 0 saturated carbocycles. The second-order valence-corrected chi connectivity index (χ2v) is 5.16. The van der Waals surface area contributed by atoms with E-state index in [0.717, 1.165) is 5.56 Å². The molecule has 0 bridgehead atoms. The molecule has 1 fully saturated rings. The number of aliphatic hydroxyl groups is 1. The van der Waals surface area contributed by atoms with Gasteiger partial charge in [0.1, 0.15) is 6.04 Å². The molecule has 0 aromatic heterocycles. The van der Waals surface area contributed by atoms with Crippen LogP contribution in [0.1, 0.15) is 17.5 Å². The van der Waals surface area contributed by atoms with Crippen LogP contribution >= 0.6 is 0 Å². The molecule has 114 valence electrons. The summed E-state index contributed by atoms with van der Waals surface area (Å²) < 4.78 is 0.